The zero-order chi connectivity index (χ0) is 29.3. The van der Waals surface area contributed by atoms with Gasteiger partial charge < -0.3 is 0 Å². The molecule has 0 saturated carbocycles. The van der Waals surface area contributed by atoms with E-state index in [2.05, 4.69) is 182 Å². The summed E-state index contributed by atoms with van der Waals surface area (Å²) in [7, 11) is 0. The Kier molecular flexibility index (Phi) is 6.59. The maximum Gasteiger partial charge on any atom is -0.00139 e. The smallest absolute Gasteiger partial charge is 0.00139 e. The second kappa shape index (κ2) is 11.2. The van der Waals surface area contributed by atoms with Crippen LogP contribution in [0.2, 0.25) is 0 Å². The quantitative estimate of drug-likeness (QED) is 0.197. The average molecular weight is 559 g/mol. The number of hydrogen-bond donors (Lipinski definition) is 0. The highest BCUT2D eigenvalue weighted by atomic mass is 14.3. The van der Waals surface area contributed by atoms with Gasteiger partial charge in [-0.1, -0.05) is 176 Å². The molecule has 0 saturated heterocycles. The normalized spacial score (nSPS) is 11.2. The molecule has 8 aromatic rings. The fourth-order valence-electron chi connectivity index (χ4n) is 6.72. The Hall–Kier alpha value is -5.72. The molecule has 0 atom stereocenters. The van der Waals surface area contributed by atoms with Gasteiger partial charge in [-0.2, -0.15) is 0 Å². The van der Waals surface area contributed by atoms with Crippen LogP contribution in [-0.4, -0.2) is 0 Å². The number of benzene rings is 8. The van der Waals surface area contributed by atoms with Crippen LogP contribution in [0, 0.1) is 0 Å². The first kappa shape index (κ1) is 25.9. The van der Waals surface area contributed by atoms with E-state index < -0.39 is 0 Å². The number of hydrogen-bond acceptors (Lipinski definition) is 0. The van der Waals surface area contributed by atoms with Crippen LogP contribution in [0.3, 0.4) is 0 Å². The molecule has 0 nitrogen and oxygen atoms in total. The first-order valence-electron chi connectivity index (χ1n) is 15.2. The van der Waals surface area contributed by atoms with Crippen molar-refractivity contribution >= 4 is 21.5 Å². The lowest BCUT2D eigenvalue weighted by Crippen LogP contribution is -1.99. The summed E-state index contributed by atoms with van der Waals surface area (Å²) < 4.78 is 0. The third-order valence-corrected chi connectivity index (χ3v) is 8.68. The molecule has 8 aromatic carbocycles. The molecule has 0 heterocycles. The van der Waals surface area contributed by atoms with Gasteiger partial charge in [-0.05, 0) is 83.2 Å². The summed E-state index contributed by atoms with van der Waals surface area (Å²) in [6.07, 6.45) is 0. The molecule has 0 radical (unpaired) electrons. The minimum Gasteiger partial charge on any atom is -0.0622 e. The number of fused-ring (bicyclic) bond motifs is 2. The van der Waals surface area contributed by atoms with E-state index in [-0.39, 0.29) is 0 Å². The van der Waals surface area contributed by atoms with Crippen LogP contribution in [0.25, 0.3) is 77.2 Å². The zero-order valence-corrected chi connectivity index (χ0v) is 24.3. The second-order valence-corrected chi connectivity index (χ2v) is 11.2. The fourth-order valence-corrected chi connectivity index (χ4v) is 6.72. The van der Waals surface area contributed by atoms with E-state index in [1.807, 2.05) is 0 Å². The summed E-state index contributed by atoms with van der Waals surface area (Å²) in [5.41, 5.74) is 12.3. The highest BCUT2D eigenvalue weighted by Crippen LogP contribution is 2.52. The van der Waals surface area contributed by atoms with Gasteiger partial charge >= 0.3 is 0 Å². The van der Waals surface area contributed by atoms with E-state index in [0.29, 0.717) is 0 Å². The van der Waals surface area contributed by atoms with Crippen molar-refractivity contribution in [2.24, 2.45) is 0 Å². The van der Waals surface area contributed by atoms with E-state index in [4.69, 9.17) is 0 Å². The minimum atomic E-state index is 1.20. The Morgan fingerprint density at radius 1 is 0.227 bits per heavy atom. The van der Waals surface area contributed by atoms with Crippen LogP contribution >= 0.6 is 0 Å². The first-order chi connectivity index (χ1) is 21.9. The number of rotatable bonds is 5. The van der Waals surface area contributed by atoms with Gasteiger partial charge in [0.25, 0.3) is 0 Å². The molecule has 0 bridgehead atoms. The monoisotopic (exact) mass is 558 g/mol. The Balaban J connectivity index is 1.63. The molecule has 0 amide bonds. The topological polar surface area (TPSA) is 0 Å². The van der Waals surface area contributed by atoms with E-state index in [1.54, 1.807) is 0 Å². The third-order valence-electron chi connectivity index (χ3n) is 8.68. The van der Waals surface area contributed by atoms with E-state index in [1.165, 1.54) is 77.2 Å². The molecular weight excluding hydrogens is 528 g/mol. The maximum absolute atomic E-state index is 2.45. The van der Waals surface area contributed by atoms with Gasteiger partial charge in [-0.3, -0.25) is 0 Å². The summed E-state index contributed by atoms with van der Waals surface area (Å²) in [6, 6.07) is 66.1. The van der Waals surface area contributed by atoms with Crippen LogP contribution in [0.5, 0.6) is 0 Å². The summed E-state index contributed by atoms with van der Waals surface area (Å²) >= 11 is 0. The first-order valence-corrected chi connectivity index (χ1v) is 15.2. The van der Waals surface area contributed by atoms with Crippen molar-refractivity contribution in [3.05, 3.63) is 182 Å². The molecule has 0 fully saturated rings. The third kappa shape index (κ3) is 4.49. The molecule has 0 aliphatic carbocycles. The van der Waals surface area contributed by atoms with Gasteiger partial charge in [0.2, 0.25) is 0 Å². The molecule has 206 valence electrons. The van der Waals surface area contributed by atoms with Crippen LogP contribution in [0.1, 0.15) is 0 Å². The van der Waals surface area contributed by atoms with Gasteiger partial charge in [0.05, 0.1) is 0 Å². The molecule has 0 aliphatic rings. The van der Waals surface area contributed by atoms with Crippen molar-refractivity contribution in [2.45, 2.75) is 0 Å². The predicted molar refractivity (Wildman–Crippen MR) is 189 cm³/mol. The minimum absolute atomic E-state index is 1.20. The van der Waals surface area contributed by atoms with Crippen molar-refractivity contribution in [1.29, 1.82) is 0 Å². The van der Waals surface area contributed by atoms with Crippen molar-refractivity contribution in [1.82, 2.24) is 0 Å². The Bertz CT molecular complexity index is 2230. The lowest BCUT2D eigenvalue weighted by Gasteiger charge is -2.25. The molecule has 0 aromatic heterocycles. The van der Waals surface area contributed by atoms with Crippen LogP contribution < -0.4 is 0 Å². The molecule has 8 rings (SSSR count). The predicted octanol–water partition coefficient (Wildman–Crippen LogP) is 12.3. The van der Waals surface area contributed by atoms with Gasteiger partial charge in [-0.25, -0.2) is 0 Å². The Labute approximate surface area is 258 Å². The highest BCUT2D eigenvalue weighted by Gasteiger charge is 2.25. The fraction of sp³-hybridized carbons (Fsp3) is 0. The van der Waals surface area contributed by atoms with Crippen LogP contribution in [-0.2, 0) is 0 Å². The van der Waals surface area contributed by atoms with Gasteiger partial charge in [0.1, 0.15) is 0 Å². The highest BCUT2D eigenvalue weighted by molar-refractivity contribution is 6.13. The van der Waals surface area contributed by atoms with Gasteiger partial charge in [0.15, 0.2) is 0 Å². The van der Waals surface area contributed by atoms with Crippen LogP contribution in [0.15, 0.2) is 182 Å². The summed E-state index contributed by atoms with van der Waals surface area (Å²) in [5, 5.41) is 4.98. The largest absolute Gasteiger partial charge is 0.0622 e. The Morgan fingerprint density at radius 3 is 1.25 bits per heavy atom. The van der Waals surface area contributed by atoms with Crippen LogP contribution in [0.4, 0.5) is 0 Å². The second-order valence-electron chi connectivity index (χ2n) is 11.2. The van der Waals surface area contributed by atoms with Gasteiger partial charge in [-0.15, -0.1) is 0 Å². The van der Waals surface area contributed by atoms with E-state index in [0.717, 1.165) is 0 Å². The van der Waals surface area contributed by atoms with Crippen molar-refractivity contribution in [3.63, 3.8) is 0 Å². The summed E-state index contributed by atoms with van der Waals surface area (Å²) in [4.78, 5) is 0. The van der Waals surface area contributed by atoms with Crippen molar-refractivity contribution in [2.75, 3.05) is 0 Å². The Morgan fingerprint density at radius 2 is 0.659 bits per heavy atom. The zero-order valence-electron chi connectivity index (χ0n) is 24.3. The lowest BCUT2D eigenvalue weighted by molar-refractivity contribution is 1.54. The van der Waals surface area contributed by atoms with Crippen molar-refractivity contribution < 1.29 is 0 Å². The van der Waals surface area contributed by atoms with Crippen molar-refractivity contribution in [3.8, 4) is 55.6 Å². The molecule has 0 N–H and O–H groups in total. The summed E-state index contributed by atoms with van der Waals surface area (Å²) in [5.74, 6) is 0. The standard InChI is InChI=1S/C44H30/c1-4-16-33(17-5-1)40-30-41(38-28-14-24-31-18-10-12-26-36(31)38)42(34-20-6-2-7-21-34)43(35-22-8-3-9-23-35)44(40)39-29-15-25-32-19-11-13-27-37(32)39/h1-30H. The molecule has 0 unspecified atom stereocenters. The summed E-state index contributed by atoms with van der Waals surface area (Å²) in [6.45, 7) is 0. The van der Waals surface area contributed by atoms with E-state index in [9.17, 15) is 0 Å². The maximum atomic E-state index is 2.45. The van der Waals surface area contributed by atoms with E-state index >= 15 is 0 Å². The average Bonchev–Trinajstić information content (AvgIpc) is 3.11. The molecular formula is C44H30. The lowest BCUT2D eigenvalue weighted by atomic mass is 9.77. The molecule has 44 heavy (non-hydrogen) atoms. The van der Waals surface area contributed by atoms with Gasteiger partial charge in [0, 0.05) is 0 Å². The molecule has 0 aliphatic heterocycles. The SMILES string of the molecule is c1ccc(-c2cc(-c3cccc4ccccc34)c(-c3ccccc3)c(-c3ccccc3)c2-c2cccc3ccccc23)cc1. The molecule has 0 heteroatoms. The molecule has 0 spiro atoms.